The van der Waals surface area contributed by atoms with Crippen LogP contribution in [-0.2, 0) is 0 Å². The predicted octanol–water partition coefficient (Wildman–Crippen LogP) is 2.38. The van der Waals surface area contributed by atoms with E-state index in [1.165, 1.54) is 57.2 Å². The van der Waals surface area contributed by atoms with Crippen LogP contribution < -0.4 is 5.32 Å². The lowest BCUT2D eigenvalue weighted by molar-refractivity contribution is 0.0720. The van der Waals surface area contributed by atoms with Crippen molar-refractivity contribution < 1.29 is 0 Å². The summed E-state index contributed by atoms with van der Waals surface area (Å²) in [6, 6.07) is 1.39. The van der Waals surface area contributed by atoms with Gasteiger partial charge in [-0.2, -0.15) is 11.8 Å². The van der Waals surface area contributed by atoms with E-state index in [1.807, 2.05) is 0 Å². The monoisotopic (exact) mass is 313 g/mol. The minimum Gasteiger partial charge on any atom is -0.311 e. The van der Waals surface area contributed by atoms with Gasteiger partial charge in [-0.25, -0.2) is 0 Å². The molecule has 0 saturated carbocycles. The molecule has 0 spiro atoms. The second-order valence-corrected chi connectivity index (χ2v) is 8.39. The van der Waals surface area contributed by atoms with Crippen molar-refractivity contribution in [2.24, 2.45) is 11.8 Å². The van der Waals surface area contributed by atoms with Crippen molar-refractivity contribution in [3.63, 3.8) is 0 Å². The number of nitrogens with one attached hydrogen (secondary N) is 1. The molecule has 0 amide bonds. The summed E-state index contributed by atoms with van der Waals surface area (Å²) in [6.45, 7) is 17.0. The second-order valence-electron chi connectivity index (χ2n) is 7.16. The Morgan fingerprint density at radius 1 is 1.14 bits per heavy atom. The van der Waals surface area contributed by atoms with E-state index in [0.29, 0.717) is 12.1 Å². The summed E-state index contributed by atoms with van der Waals surface area (Å²) in [7, 11) is 0. The van der Waals surface area contributed by atoms with Crippen molar-refractivity contribution in [2.45, 2.75) is 46.2 Å². The average Bonchev–Trinajstić information content (AvgIpc) is 2.52. The first-order valence-electron chi connectivity index (χ1n) is 8.89. The van der Waals surface area contributed by atoms with Gasteiger partial charge in [0.1, 0.15) is 0 Å². The molecule has 2 fully saturated rings. The van der Waals surface area contributed by atoms with Crippen LogP contribution in [0, 0.1) is 11.8 Å². The number of hydrogen-bond donors (Lipinski definition) is 1. The highest BCUT2D eigenvalue weighted by atomic mass is 32.2. The van der Waals surface area contributed by atoms with Crippen LogP contribution in [0.4, 0.5) is 0 Å². The fraction of sp³-hybridized carbons (Fsp3) is 1.00. The summed E-state index contributed by atoms with van der Waals surface area (Å²) in [6.07, 6.45) is 1.28. The van der Waals surface area contributed by atoms with Crippen molar-refractivity contribution in [1.82, 2.24) is 15.1 Å². The molecule has 0 aliphatic carbocycles. The number of hydrogen-bond acceptors (Lipinski definition) is 4. The lowest BCUT2D eigenvalue weighted by atomic mass is 9.92. The maximum atomic E-state index is 3.81. The van der Waals surface area contributed by atoms with E-state index in [1.54, 1.807) is 0 Å². The van der Waals surface area contributed by atoms with Crippen LogP contribution in [-0.4, -0.2) is 72.7 Å². The van der Waals surface area contributed by atoms with Crippen LogP contribution in [0.3, 0.4) is 0 Å². The normalized spacial score (nSPS) is 30.7. The first-order valence-corrected chi connectivity index (χ1v) is 10.0. The molecule has 2 aliphatic heterocycles. The standard InChI is InChI=1S/C17H35N3S/c1-5-15(4)16-13-20(17(12-18-16)14(2)3)7-6-19-8-10-21-11-9-19/h14-18H,5-13H2,1-4H3. The topological polar surface area (TPSA) is 18.5 Å². The van der Waals surface area contributed by atoms with Gasteiger partial charge in [0.2, 0.25) is 0 Å². The van der Waals surface area contributed by atoms with E-state index in [0.717, 1.165) is 11.8 Å². The van der Waals surface area contributed by atoms with Crippen LogP contribution in [0.5, 0.6) is 0 Å². The third-order valence-electron chi connectivity index (χ3n) is 5.40. The van der Waals surface area contributed by atoms with Gasteiger partial charge in [-0.05, 0) is 11.8 Å². The summed E-state index contributed by atoms with van der Waals surface area (Å²) >= 11 is 2.11. The molecule has 0 aromatic carbocycles. The fourth-order valence-electron chi connectivity index (χ4n) is 3.53. The smallest absolute Gasteiger partial charge is 0.0244 e. The predicted molar refractivity (Wildman–Crippen MR) is 95.2 cm³/mol. The van der Waals surface area contributed by atoms with Crippen LogP contribution in [0.1, 0.15) is 34.1 Å². The summed E-state index contributed by atoms with van der Waals surface area (Å²) < 4.78 is 0. The lowest BCUT2D eigenvalue weighted by Gasteiger charge is -2.45. The van der Waals surface area contributed by atoms with Crippen LogP contribution >= 0.6 is 11.8 Å². The van der Waals surface area contributed by atoms with Gasteiger partial charge in [-0.3, -0.25) is 4.90 Å². The molecule has 2 aliphatic rings. The number of rotatable bonds is 6. The Kier molecular flexibility index (Phi) is 7.33. The highest BCUT2D eigenvalue weighted by Gasteiger charge is 2.31. The molecule has 4 heteroatoms. The molecule has 0 aromatic rings. The molecular weight excluding hydrogens is 278 g/mol. The third-order valence-corrected chi connectivity index (χ3v) is 6.34. The van der Waals surface area contributed by atoms with Gasteiger partial charge in [0.25, 0.3) is 0 Å². The Bertz CT molecular complexity index is 292. The molecule has 3 unspecified atom stereocenters. The van der Waals surface area contributed by atoms with Gasteiger partial charge in [0.05, 0.1) is 0 Å². The van der Waals surface area contributed by atoms with Crippen LogP contribution in [0.2, 0.25) is 0 Å². The summed E-state index contributed by atoms with van der Waals surface area (Å²) in [4.78, 5) is 5.44. The Hall–Kier alpha value is 0.230. The summed E-state index contributed by atoms with van der Waals surface area (Å²) in [5.41, 5.74) is 0. The Balaban J connectivity index is 1.87. The van der Waals surface area contributed by atoms with E-state index in [-0.39, 0.29) is 0 Å². The van der Waals surface area contributed by atoms with Gasteiger partial charge in [-0.15, -0.1) is 0 Å². The molecule has 0 bridgehead atoms. The summed E-state index contributed by atoms with van der Waals surface area (Å²) in [5.74, 6) is 4.18. The number of piperazine rings is 1. The van der Waals surface area contributed by atoms with Crippen LogP contribution in [0.25, 0.3) is 0 Å². The van der Waals surface area contributed by atoms with E-state index in [9.17, 15) is 0 Å². The minimum atomic E-state index is 0.682. The highest BCUT2D eigenvalue weighted by Crippen LogP contribution is 2.20. The van der Waals surface area contributed by atoms with E-state index < -0.39 is 0 Å². The molecular formula is C17H35N3S. The highest BCUT2D eigenvalue weighted by molar-refractivity contribution is 7.99. The summed E-state index contributed by atoms with van der Waals surface area (Å²) in [5, 5.41) is 3.81. The second kappa shape index (κ2) is 8.76. The van der Waals surface area contributed by atoms with Gasteiger partial charge in [-0.1, -0.05) is 34.1 Å². The van der Waals surface area contributed by atoms with Crippen molar-refractivity contribution in [3.05, 3.63) is 0 Å². The number of thioether (sulfide) groups is 1. The minimum absolute atomic E-state index is 0.682. The van der Waals surface area contributed by atoms with Gasteiger partial charge in [0.15, 0.2) is 0 Å². The van der Waals surface area contributed by atoms with Gasteiger partial charge < -0.3 is 10.2 Å². The quantitative estimate of drug-likeness (QED) is 0.811. The fourth-order valence-corrected chi connectivity index (χ4v) is 4.51. The largest absolute Gasteiger partial charge is 0.311 e. The molecule has 3 atom stereocenters. The molecule has 2 heterocycles. The molecule has 0 aromatic heterocycles. The SMILES string of the molecule is CCC(C)C1CN(CCN2CCSCC2)C(C(C)C)CN1. The first kappa shape index (κ1) is 17.6. The Labute approximate surface area is 136 Å². The molecule has 0 radical (unpaired) electrons. The van der Waals surface area contributed by atoms with E-state index in [2.05, 4.69) is 54.6 Å². The van der Waals surface area contributed by atoms with E-state index >= 15 is 0 Å². The molecule has 21 heavy (non-hydrogen) atoms. The molecule has 124 valence electrons. The molecule has 1 N–H and O–H groups in total. The number of nitrogens with zero attached hydrogens (tertiary/aromatic N) is 2. The molecule has 2 saturated heterocycles. The van der Waals surface area contributed by atoms with Crippen molar-refractivity contribution in [1.29, 1.82) is 0 Å². The van der Waals surface area contributed by atoms with Crippen LogP contribution in [0.15, 0.2) is 0 Å². The van der Waals surface area contributed by atoms with Crippen molar-refractivity contribution in [3.8, 4) is 0 Å². The maximum absolute atomic E-state index is 3.81. The maximum Gasteiger partial charge on any atom is 0.0244 e. The van der Waals surface area contributed by atoms with Crippen molar-refractivity contribution in [2.75, 3.05) is 50.8 Å². The lowest BCUT2D eigenvalue weighted by Crippen LogP contribution is -2.61. The first-order chi connectivity index (χ1) is 10.1. The van der Waals surface area contributed by atoms with Crippen molar-refractivity contribution >= 4 is 11.8 Å². The molecule has 2 rings (SSSR count). The third kappa shape index (κ3) is 5.12. The van der Waals surface area contributed by atoms with Gasteiger partial charge in [0, 0.05) is 62.9 Å². The van der Waals surface area contributed by atoms with Gasteiger partial charge >= 0.3 is 0 Å². The zero-order chi connectivity index (χ0) is 15.2. The Morgan fingerprint density at radius 3 is 2.48 bits per heavy atom. The Morgan fingerprint density at radius 2 is 1.86 bits per heavy atom. The zero-order valence-electron chi connectivity index (χ0n) is 14.5. The average molecular weight is 314 g/mol. The van der Waals surface area contributed by atoms with E-state index in [4.69, 9.17) is 0 Å². The molecule has 3 nitrogen and oxygen atoms in total. The zero-order valence-corrected chi connectivity index (χ0v) is 15.3.